The number of benzene rings is 3. The highest BCUT2D eigenvalue weighted by molar-refractivity contribution is 7.99. The topological polar surface area (TPSA) is 211 Å². The maximum Gasteiger partial charge on any atom is 0.303 e. The van der Waals surface area contributed by atoms with E-state index in [2.05, 4.69) is 79.7 Å². The van der Waals surface area contributed by atoms with Crippen molar-refractivity contribution >= 4 is 23.7 Å². The molecule has 3 aromatic carbocycles. The van der Waals surface area contributed by atoms with Crippen LogP contribution in [-0.2, 0) is 103 Å². The van der Waals surface area contributed by atoms with E-state index in [1.54, 1.807) is 11.8 Å². The lowest BCUT2D eigenvalue weighted by molar-refractivity contribution is -0.357. The van der Waals surface area contributed by atoms with E-state index in [9.17, 15) is 14.7 Å². The van der Waals surface area contributed by atoms with Crippen LogP contribution in [0.5, 0.6) is 0 Å². The standard InChI is InChI=1S/C32H48O10.C24H36O5S.C15H20O5/c1-17-14-34-29(19(3)18(17)2)39-25-20(4)26(38-22(6)33)31(37-21(25)5)40-28-27-24(41-32(7,8)42-27)16-36-30(28)35-15-23-12-10-9-11-13-23;1-13-8-10-20(11-9-13)30-24-22(28-19(7)25)17(5)21(18(6)27-24)29-23-16(4)15(3)14(2)12-26-23;1-15(2)19-11-9-18-14(12(16)13(11)20-15)17-8-10-6-4-3-5-7-10/h9-13,17-21,24-31H,14-16H2,1-8H3;8-11,14-18,21-24H,12H2,1-7H3;3-7,11-14,16H,8-9H2,1-2H3/t17-,18+,19?,20+,21?,24+,25-,26?,27-,28?,29+,30-,31+;14-,15+,16?,17+,18?,21-,22?,23+,24+;11-,12?,13+,14+/m110/s1. The van der Waals surface area contributed by atoms with Crippen LogP contribution in [0, 0.1) is 54.3 Å². The Bertz CT molecular complexity index is 2760. The van der Waals surface area contributed by atoms with Crippen LogP contribution in [0.2, 0.25) is 0 Å². The predicted molar refractivity (Wildman–Crippen MR) is 340 cm³/mol. The number of carbonyl (C=O) groups is 2. The summed E-state index contributed by atoms with van der Waals surface area (Å²) in [5.74, 6) is -0.0821. The molecule has 8 unspecified atom stereocenters. The van der Waals surface area contributed by atoms with Gasteiger partial charge in [-0.05, 0) is 95.4 Å². The van der Waals surface area contributed by atoms with Gasteiger partial charge in [0.25, 0.3) is 0 Å². The molecule has 0 spiro atoms. The average molecular weight is 1310 g/mol. The fourth-order valence-corrected chi connectivity index (χ4v) is 14.6. The van der Waals surface area contributed by atoms with Crippen LogP contribution in [0.15, 0.2) is 89.8 Å². The van der Waals surface area contributed by atoms with Crippen LogP contribution in [-0.4, -0.2) is 165 Å². The Kier molecular flexibility index (Phi) is 25.3. The fraction of sp³-hybridized carbons (Fsp3) is 0.718. The van der Waals surface area contributed by atoms with Gasteiger partial charge in [0.15, 0.2) is 49.1 Å². The molecule has 0 aromatic heterocycles. The molecule has 1 N–H and O–H groups in total. The minimum atomic E-state index is -0.912. The third-order valence-electron chi connectivity index (χ3n) is 19.4. The summed E-state index contributed by atoms with van der Waals surface area (Å²) < 4.78 is 104. The van der Waals surface area contributed by atoms with E-state index < -0.39 is 73.0 Å². The molecule has 21 heteroatoms. The molecule has 514 valence electrons. The molecule has 0 radical (unpaired) electrons. The van der Waals surface area contributed by atoms with Crippen LogP contribution in [0.3, 0.4) is 0 Å². The smallest absolute Gasteiger partial charge is 0.303 e. The van der Waals surface area contributed by atoms with Crippen molar-refractivity contribution in [1.29, 1.82) is 0 Å². The maximum atomic E-state index is 12.3. The third kappa shape index (κ3) is 18.5. The van der Waals surface area contributed by atoms with Crippen molar-refractivity contribution in [1.82, 2.24) is 0 Å². The number of ether oxygens (including phenoxy) is 17. The van der Waals surface area contributed by atoms with Crippen molar-refractivity contribution in [3.8, 4) is 0 Å². The first kappa shape index (κ1) is 72.6. The molecule has 8 aliphatic heterocycles. The Labute approximate surface area is 549 Å². The summed E-state index contributed by atoms with van der Waals surface area (Å²) in [5.41, 5.74) is 2.96. The Morgan fingerprint density at radius 1 is 0.478 bits per heavy atom. The monoisotopic (exact) mass is 1310 g/mol. The maximum absolute atomic E-state index is 12.3. The van der Waals surface area contributed by atoms with E-state index in [1.165, 1.54) is 19.4 Å². The molecule has 26 atom stereocenters. The number of fused-ring (bicyclic) bond motifs is 2. The second-order valence-electron chi connectivity index (χ2n) is 27.6. The minimum absolute atomic E-state index is 0.0222. The number of rotatable bonds is 16. The summed E-state index contributed by atoms with van der Waals surface area (Å²) in [6, 6.07) is 27.9. The van der Waals surface area contributed by atoms with E-state index in [-0.39, 0.29) is 78.4 Å². The molecule has 0 bridgehead atoms. The summed E-state index contributed by atoms with van der Waals surface area (Å²) in [4.78, 5) is 25.3. The van der Waals surface area contributed by atoms with Gasteiger partial charge in [0.05, 0.1) is 64.1 Å². The quantitative estimate of drug-likeness (QED) is 0.132. The van der Waals surface area contributed by atoms with Crippen LogP contribution >= 0.6 is 11.8 Å². The number of aryl methyl sites for hydroxylation is 1. The highest BCUT2D eigenvalue weighted by atomic mass is 32.2. The summed E-state index contributed by atoms with van der Waals surface area (Å²) >= 11 is 1.59. The molecule has 0 saturated carbocycles. The lowest BCUT2D eigenvalue weighted by atomic mass is 9.82. The first-order chi connectivity index (χ1) is 43.6. The summed E-state index contributed by atoms with van der Waals surface area (Å²) in [7, 11) is 0. The van der Waals surface area contributed by atoms with Crippen LogP contribution < -0.4 is 0 Å². The zero-order valence-corrected chi connectivity index (χ0v) is 57.8. The van der Waals surface area contributed by atoms with Crippen molar-refractivity contribution in [2.24, 2.45) is 47.3 Å². The molecule has 0 aliphatic carbocycles. The van der Waals surface area contributed by atoms with Gasteiger partial charge in [-0.1, -0.05) is 146 Å². The summed E-state index contributed by atoms with van der Waals surface area (Å²) in [6.07, 6.45) is -8.28. The number of aliphatic hydroxyl groups excluding tert-OH is 1. The van der Waals surface area contributed by atoms with E-state index in [0.29, 0.717) is 69.2 Å². The van der Waals surface area contributed by atoms with Gasteiger partial charge in [0.2, 0.25) is 0 Å². The van der Waals surface area contributed by atoms with Gasteiger partial charge in [-0.2, -0.15) is 0 Å². The molecule has 11 rings (SSSR count). The first-order valence-corrected chi connectivity index (χ1v) is 34.1. The van der Waals surface area contributed by atoms with E-state index in [0.717, 1.165) is 16.0 Å². The molecule has 8 aliphatic rings. The highest BCUT2D eigenvalue weighted by Crippen LogP contribution is 2.44. The molecular weight excluding hydrogens is 1200 g/mol. The average Bonchev–Trinajstić information content (AvgIpc) is 1.47. The molecule has 92 heavy (non-hydrogen) atoms. The van der Waals surface area contributed by atoms with E-state index >= 15 is 0 Å². The molecular formula is C71H104O20S. The minimum Gasteiger partial charge on any atom is -0.458 e. The first-order valence-electron chi connectivity index (χ1n) is 33.2. The van der Waals surface area contributed by atoms with Gasteiger partial charge in [-0.3, -0.25) is 9.59 Å². The largest absolute Gasteiger partial charge is 0.458 e. The van der Waals surface area contributed by atoms with Crippen LogP contribution in [0.1, 0.15) is 127 Å². The van der Waals surface area contributed by atoms with E-state index in [4.69, 9.17) is 80.5 Å². The SMILES string of the molecule is CC(=O)OC1[C@@H](C)[C@@H](O[C@@H]2OC[C@@H](C)[C@H](C)C2C)C(C)O[C@H]1Sc1ccc(C)cc1.CC(=O)OC1[C@H](OC2[C@H](OCc3ccccc3)OC[C@@H]3OC(C)(C)O[C@@H]23)OC(C)[C@H](O[C@@H]2OC[C@@H](C)[C@H](C)C2C)[C@@H]1C.CC1(C)O[C@H]2CO[C@@H](OCc3ccccc3)C(O)[C@@H]2O1. The number of hydrogen-bond acceptors (Lipinski definition) is 21. The van der Waals surface area contributed by atoms with Gasteiger partial charge >= 0.3 is 11.9 Å². The predicted octanol–water partition coefficient (Wildman–Crippen LogP) is 10.9. The van der Waals surface area contributed by atoms with Crippen molar-refractivity contribution < 1.29 is 95.2 Å². The Hall–Kier alpha value is -3.69. The second kappa shape index (κ2) is 32.1. The van der Waals surface area contributed by atoms with Gasteiger partial charge in [-0.15, -0.1) is 0 Å². The van der Waals surface area contributed by atoms with Crippen molar-refractivity contribution in [2.45, 2.75) is 258 Å². The Balaban J connectivity index is 0.000000174. The lowest BCUT2D eigenvalue weighted by Crippen LogP contribution is -2.61. The molecule has 0 amide bonds. The fourth-order valence-electron chi connectivity index (χ4n) is 13.4. The number of carbonyl (C=O) groups excluding carboxylic acids is 2. The zero-order valence-electron chi connectivity index (χ0n) is 56.9. The highest BCUT2D eigenvalue weighted by Gasteiger charge is 2.57. The number of thioether (sulfide) groups is 1. The Morgan fingerprint density at radius 3 is 1.43 bits per heavy atom. The van der Waals surface area contributed by atoms with Gasteiger partial charge in [0, 0.05) is 42.4 Å². The molecule has 8 saturated heterocycles. The van der Waals surface area contributed by atoms with Crippen molar-refractivity contribution in [3.05, 3.63) is 102 Å². The van der Waals surface area contributed by atoms with Crippen LogP contribution in [0.25, 0.3) is 0 Å². The van der Waals surface area contributed by atoms with E-state index in [1.807, 2.05) is 109 Å². The molecule has 8 fully saturated rings. The molecule has 8 heterocycles. The summed E-state index contributed by atoms with van der Waals surface area (Å²) in [5, 5.41) is 10.3. The number of aliphatic hydroxyl groups is 1. The zero-order chi connectivity index (χ0) is 66.3. The van der Waals surface area contributed by atoms with Crippen molar-refractivity contribution in [3.63, 3.8) is 0 Å². The van der Waals surface area contributed by atoms with Gasteiger partial charge < -0.3 is 85.6 Å². The number of hydrogen-bond donors (Lipinski definition) is 1. The lowest BCUT2D eigenvalue weighted by Gasteiger charge is -2.48. The van der Waals surface area contributed by atoms with Crippen LogP contribution in [0.4, 0.5) is 0 Å². The third-order valence-corrected chi connectivity index (χ3v) is 20.5. The summed E-state index contributed by atoms with van der Waals surface area (Å²) in [6.45, 7) is 36.3. The van der Waals surface area contributed by atoms with Gasteiger partial charge in [0.1, 0.15) is 48.2 Å². The van der Waals surface area contributed by atoms with Crippen molar-refractivity contribution in [2.75, 3.05) is 26.4 Å². The molecule has 20 nitrogen and oxygen atoms in total. The second-order valence-corrected chi connectivity index (χ2v) is 28.7. The van der Waals surface area contributed by atoms with Gasteiger partial charge in [-0.25, -0.2) is 0 Å². The number of esters is 2. The normalized spacial score (nSPS) is 40.5. The Morgan fingerprint density at radius 2 is 0.913 bits per heavy atom. The molecule has 3 aromatic rings.